The summed E-state index contributed by atoms with van der Waals surface area (Å²) in [5.41, 5.74) is 1.27. The lowest BCUT2D eigenvalue weighted by Gasteiger charge is -2.30. The number of carbonyl (C=O) groups is 1. The number of nitrogens with zero attached hydrogens (tertiary/aromatic N) is 1. The minimum atomic E-state index is -4.91. The molecular weight excluding hydrogens is 371 g/mol. The lowest BCUT2D eigenvalue weighted by molar-refractivity contribution is -0.188. The lowest BCUT2D eigenvalue weighted by Crippen LogP contribution is -2.42. The SMILES string of the molecule is C[C@@H](c1ccccc1)N(Cc1ccccc1Br)C(=O)C(F)(F)F. The van der Waals surface area contributed by atoms with E-state index in [9.17, 15) is 18.0 Å². The summed E-state index contributed by atoms with van der Waals surface area (Å²) >= 11 is 3.31. The van der Waals surface area contributed by atoms with E-state index in [0.29, 0.717) is 15.6 Å². The molecule has 6 heteroatoms. The Kier molecular flexibility index (Phi) is 5.46. The van der Waals surface area contributed by atoms with Crippen molar-refractivity contribution in [2.75, 3.05) is 0 Å². The average molecular weight is 386 g/mol. The quantitative estimate of drug-likeness (QED) is 0.716. The third kappa shape index (κ3) is 4.34. The summed E-state index contributed by atoms with van der Waals surface area (Å²) in [7, 11) is 0. The van der Waals surface area contributed by atoms with E-state index in [1.807, 2.05) is 0 Å². The fraction of sp³-hybridized carbons (Fsp3) is 0.235. The van der Waals surface area contributed by atoms with Crippen molar-refractivity contribution in [1.82, 2.24) is 4.90 Å². The van der Waals surface area contributed by atoms with Crippen molar-refractivity contribution >= 4 is 21.8 Å². The number of carbonyl (C=O) groups excluding carboxylic acids is 1. The van der Waals surface area contributed by atoms with Crippen molar-refractivity contribution in [3.63, 3.8) is 0 Å². The second-order valence-electron chi connectivity index (χ2n) is 5.11. The summed E-state index contributed by atoms with van der Waals surface area (Å²) in [5, 5.41) is 0. The van der Waals surface area contributed by atoms with Gasteiger partial charge < -0.3 is 4.90 Å². The Balaban J connectivity index is 2.36. The largest absolute Gasteiger partial charge is 0.471 e. The van der Waals surface area contributed by atoms with Gasteiger partial charge in [0.25, 0.3) is 0 Å². The van der Waals surface area contributed by atoms with Gasteiger partial charge in [0.2, 0.25) is 0 Å². The topological polar surface area (TPSA) is 20.3 Å². The molecule has 2 aromatic rings. The molecule has 122 valence electrons. The van der Waals surface area contributed by atoms with E-state index in [-0.39, 0.29) is 6.54 Å². The van der Waals surface area contributed by atoms with Crippen molar-refractivity contribution in [3.8, 4) is 0 Å². The Labute approximate surface area is 141 Å². The zero-order chi connectivity index (χ0) is 17.0. The summed E-state index contributed by atoms with van der Waals surface area (Å²) in [6.45, 7) is 1.46. The van der Waals surface area contributed by atoms with Gasteiger partial charge in [-0.3, -0.25) is 4.79 Å². The second-order valence-corrected chi connectivity index (χ2v) is 5.96. The van der Waals surface area contributed by atoms with Gasteiger partial charge in [-0.15, -0.1) is 0 Å². The summed E-state index contributed by atoms with van der Waals surface area (Å²) < 4.78 is 39.6. The fourth-order valence-corrected chi connectivity index (χ4v) is 2.68. The first-order chi connectivity index (χ1) is 10.8. The first kappa shape index (κ1) is 17.5. The number of hydrogen-bond donors (Lipinski definition) is 0. The highest BCUT2D eigenvalue weighted by Gasteiger charge is 2.44. The Bertz CT molecular complexity index is 673. The maximum atomic E-state index is 13.0. The lowest BCUT2D eigenvalue weighted by atomic mass is 10.1. The van der Waals surface area contributed by atoms with Crippen LogP contribution in [0.2, 0.25) is 0 Å². The first-order valence-corrected chi connectivity index (χ1v) is 7.76. The van der Waals surface area contributed by atoms with E-state index < -0.39 is 18.1 Å². The van der Waals surface area contributed by atoms with Gasteiger partial charge in [-0.25, -0.2) is 0 Å². The Morgan fingerprint density at radius 1 is 1.09 bits per heavy atom. The molecule has 2 aromatic carbocycles. The number of benzene rings is 2. The number of alkyl halides is 3. The highest BCUT2D eigenvalue weighted by atomic mass is 79.9. The van der Waals surface area contributed by atoms with Gasteiger partial charge in [0.15, 0.2) is 0 Å². The summed E-state index contributed by atoms with van der Waals surface area (Å²) in [6.07, 6.45) is -4.91. The molecule has 0 saturated carbocycles. The molecule has 0 unspecified atom stereocenters. The molecule has 0 aliphatic rings. The molecule has 0 heterocycles. The molecule has 0 aromatic heterocycles. The van der Waals surface area contributed by atoms with Crippen LogP contribution in [-0.4, -0.2) is 17.0 Å². The highest BCUT2D eigenvalue weighted by molar-refractivity contribution is 9.10. The Hall–Kier alpha value is -1.82. The molecule has 0 aliphatic carbocycles. The summed E-state index contributed by atoms with van der Waals surface area (Å²) in [6, 6.07) is 14.9. The van der Waals surface area contributed by atoms with E-state index in [0.717, 1.165) is 4.90 Å². The van der Waals surface area contributed by atoms with E-state index in [2.05, 4.69) is 15.9 Å². The van der Waals surface area contributed by atoms with Crippen molar-refractivity contribution in [2.45, 2.75) is 25.7 Å². The molecule has 1 atom stereocenters. The molecule has 23 heavy (non-hydrogen) atoms. The molecule has 2 nitrogen and oxygen atoms in total. The predicted octanol–water partition coefficient (Wildman–Crippen LogP) is 5.10. The molecule has 0 radical (unpaired) electrons. The summed E-state index contributed by atoms with van der Waals surface area (Å²) in [5.74, 6) is -1.84. The molecule has 0 bridgehead atoms. The number of amides is 1. The van der Waals surface area contributed by atoms with E-state index in [1.54, 1.807) is 61.5 Å². The fourth-order valence-electron chi connectivity index (χ4n) is 2.27. The third-order valence-electron chi connectivity index (χ3n) is 3.55. The smallest absolute Gasteiger partial charge is 0.324 e. The van der Waals surface area contributed by atoms with Crippen LogP contribution < -0.4 is 0 Å². The van der Waals surface area contributed by atoms with E-state index in [4.69, 9.17) is 0 Å². The number of hydrogen-bond acceptors (Lipinski definition) is 1. The first-order valence-electron chi connectivity index (χ1n) is 6.97. The minimum Gasteiger partial charge on any atom is -0.324 e. The molecule has 0 fully saturated rings. The van der Waals surface area contributed by atoms with E-state index >= 15 is 0 Å². The van der Waals surface area contributed by atoms with Gasteiger partial charge in [0.05, 0.1) is 6.04 Å². The van der Waals surface area contributed by atoms with Gasteiger partial charge in [0, 0.05) is 11.0 Å². The Morgan fingerprint density at radius 3 is 2.22 bits per heavy atom. The highest BCUT2D eigenvalue weighted by Crippen LogP contribution is 2.30. The van der Waals surface area contributed by atoms with Crippen molar-refractivity contribution in [3.05, 3.63) is 70.2 Å². The maximum absolute atomic E-state index is 13.0. The number of rotatable bonds is 4. The van der Waals surface area contributed by atoms with Gasteiger partial charge in [-0.1, -0.05) is 64.5 Å². The maximum Gasteiger partial charge on any atom is 0.471 e. The molecule has 0 aliphatic heterocycles. The zero-order valence-electron chi connectivity index (χ0n) is 12.3. The van der Waals surface area contributed by atoms with Crippen LogP contribution in [0.15, 0.2) is 59.1 Å². The van der Waals surface area contributed by atoms with Crippen LogP contribution in [0.4, 0.5) is 13.2 Å². The van der Waals surface area contributed by atoms with Gasteiger partial charge >= 0.3 is 12.1 Å². The zero-order valence-corrected chi connectivity index (χ0v) is 13.9. The van der Waals surface area contributed by atoms with Gasteiger partial charge in [-0.05, 0) is 24.1 Å². The normalized spacial score (nSPS) is 12.7. The van der Waals surface area contributed by atoms with Crippen molar-refractivity contribution in [2.24, 2.45) is 0 Å². The standard InChI is InChI=1S/C17H15BrF3NO/c1-12(13-7-3-2-4-8-13)22(16(23)17(19,20)21)11-14-9-5-6-10-15(14)18/h2-10,12H,11H2,1H3/t12-/m0/s1. The van der Waals surface area contributed by atoms with E-state index in [1.165, 1.54) is 0 Å². The molecule has 0 saturated heterocycles. The second kappa shape index (κ2) is 7.17. The monoisotopic (exact) mass is 385 g/mol. The van der Waals surface area contributed by atoms with Crippen LogP contribution in [0.5, 0.6) is 0 Å². The molecule has 0 spiro atoms. The van der Waals surface area contributed by atoms with Crippen LogP contribution in [0.25, 0.3) is 0 Å². The molecule has 1 amide bonds. The number of halogens is 4. The molecular formula is C17H15BrF3NO. The predicted molar refractivity (Wildman–Crippen MR) is 85.6 cm³/mol. The molecule has 0 N–H and O–H groups in total. The average Bonchev–Trinajstić information content (AvgIpc) is 2.53. The van der Waals surface area contributed by atoms with Crippen LogP contribution >= 0.6 is 15.9 Å². The van der Waals surface area contributed by atoms with Crippen LogP contribution in [0, 0.1) is 0 Å². The molecule has 2 rings (SSSR count). The third-order valence-corrected chi connectivity index (χ3v) is 4.32. The van der Waals surface area contributed by atoms with Gasteiger partial charge in [0.1, 0.15) is 0 Å². The van der Waals surface area contributed by atoms with Gasteiger partial charge in [-0.2, -0.15) is 13.2 Å². The minimum absolute atomic E-state index is 0.129. The van der Waals surface area contributed by atoms with Crippen LogP contribution in [0.1, 0.15) is 24.1 Å². The van der Waals surface area contributed by atoms with Crippen LogP contribution in [0.3, 0.4) is 0 Å². The van der Waals surface area contributed by atoms with Crippen LogP contribution in [-0.2, 0) is 11.3 Å². The van der Waals surface area contributed by atoms with Crippen molar-refractivity contribution in [1.29, 1.82) is 0 Å². The van der Waals surface area contributed by atoms with Crippen molar-refractivity contribution < 1.29 is 18.0 Å². The Morgan fingerprint density at radius 2 is 1.65 bits per heavy atom. The summed E-state index contributed by atoms with van der Waals surface area (Å²) in [4.78, 5) is 12.7.